The van der Waals surface area contributed by atoms with Crippen LogP contribution in [0.25, 0.3) is 0 Å². The summed E-state index contributed by atoms with van der Waals surface area (Å²) in [6.07, 6.45) is 13.6. The standard InChI is InChI=1S/C21H29IO2/c1-13(23)24-15-8-10-20(2)14(12-15)4-5-16-17-6-7-19(22)21(17,3)11-9-18(16)20/h4,7,15-18H,5-6,8-12H2,1-3H3/t15-,16-,17?,18-,20-,21-/m0/s1. The van der Waals surface area contributed by atoms with Crippen LogP contribution in [0.3, 0.4) is 0 Å². The van der Waals surface area contributed by atoms with E-state index in [1.165, 1.54) is 39.0 Å². The van der Waals surface area contributed by atoms with Crippen molar-refractivity contribution in [3.8, 4) is 0 Å². The van der Waals surface area contributed by atoms with Gasteiger partial charge in [-0.2, -0.15) is 0 Å². The summed E-state index contributed by atoms with van der Waals surface area (Å²) in [6.45, 7) is 6.56. The van der Waals surface area contributed by atoms with Crippen molar-refractivity contribution in [1.82, 2.24) is 0 Å². The molecule has 0 aliphatic heterocycles. The van der Waals surface area contributed by atoms with E-state index in [1.807, 2.05) is 0 Å². The van der Waals surface area contributed by atoms with Crippen molar-refractivity contribution in [3.05, 3.63) is 21.3 Å². The SMILES string of the molecule is CC(=O)O[C@H]1CC[C@@]2(C)C(=CC[C@H]3C4CC=C(I)[C@@]4(C)CC[C@@H]32)C1. The van der Waals surface area contributed by atoms with Crippen LogP contribution < -0.4 is 0 Å². The Labute approximate surface area is 159 Å². The zero-order valence-electron chi connectivity index (χ0n) is 15.1. The van der Waals surface area contributed by atoms with Gasteiger partial charge in [0.2, 0.25) is 0 Å². The summed E-state index contributed by atoms with van der Waals surface area (Å²) in [5.74, 6) is 2.37. The third kappa shape index (κ3) is 2.44. The van der Waals surface area contributed by atoms with Gasteiger partial charge in [0, 0.05) is 18.8 Å². The highest BCUT2D eigenvalue weighted by molar-refractivity contribution is 14.1. The van der Waals surface area contributed by atoms with Crippen LogP contribution in [0.15, 0.2) is 21.3 Å². The molecule has 24 heavy (non-hydrogen) atoms. The number of halogens is 1. The van der Waals surface area contributed by atoms with Gasteiger partial charge in [-0.1, -0.05) is 31.6 Å². The van der Waals surface area contributed by atoms with E-state index in [-0.39, 0.29) is 12.1 Å². The molecule has 2 saturated carbocycles. The first kappa shape index (κ1) is 17.1. The van der Waals surface area contributed by atoms with Gasteiger partial charge in [0.15, 0.2) is 0 Å². The summed E-state index contributed by atoms with van der Waals surface area (Å²) in [5, 5.41) is 0. The fourth-order valence-electron chi connectivity index (χ4n) is 6.48. The number of esters is 1. The highest BCUT2D eigenvalue weighted by Gasteiger charge is 2.56. The third-order valence-corrected chi connectivity index (χ3v) is 9.55. The number of carbonyl (C=O) groups is 1. The van der Waals surface area contributed by atoms with Crippen LogP contribution in [-0.4, -0.2) is 12.1 Å². The molecule has 0 spiro atoms. The van der Waals surface area contributed by atoms with Crippen molar-refractivity contribution in [2.75, 3.05) is 0 Å². The van der Waals surface area contributed by atoms with Crippen LogP contribution in [0.4, 0.5) is 0 Å². The minimum absolute atomic E-state index is 0.112. The molecule has 3 heteroatoms. The van der Waals surface area contributed by atoms with Crippen LogP contribution in [0, 0.1) is 28.6 Å². The monoisotopic (exact) mass is 440 g/mol. The maximum absolute atomic E-state index is 11.3. The van der Waals surface area contributed by atoms with Gasteiger partial charge in [-0.3, -0.25) is 4.79 Å². The molecule has 0 aromatic carbocycles. The minimum Gasteiger partial charge on any atom is -0.462 e. The van der Waals surface area contributed by atoms with Gasteiger partial charge in [-0.15, -0.1) is 0 Å². The Kier molecular flexibility index (Phi) is 4.17. The van der Waals surface area contributed by atoms with Crippen molar-refractivity contribution < 1.29 is 9.53 Å². The summed E-state index contributed by atoms with van der Waals surface area (Å²) in [7, 11) is 0. The predicted octanol–water partition coefficient (Wildman–Crippen LogP) is 5.81. The molecule has 132 valence electrons. The molecule has 0 bridgehead atoms. The second kappa shape index (κ2) is 5.85. The summed E-state index contributed by atoms with van der Waals surface area (Å²) >= 11 is 2.60. The first-order chi connectivity index (χ1) is 11.3. The van der Waals surface area contributed by atoms with Gasteiger partial charge in [0.25, 0.3) is 0 Å². The van der Waals surface area contributed by atoms with Crippen LogP contribution >= 0.6 is 22.6 Å². The number of fused-ring (bicyclic) bond motifs is 5. The molecule has 1 unspecified atom stereocenters. The van der Waals surface area contributed by atoms with Crippen LogP contribution in [-0.2, 0) is 9.53 Å². The Morgan fingerprint density at radius 1 is 1.12 bits per heavy atom. The maximum atomic E-state index is 11.3. The van der Waals surface area contributed by atoms with E-state index in [0.29, 0.717) is 10.8 Å². The molecule has 0 radical (unpaired) electrons. The van der Waals surface area contributed by atoms with Crippen molar-refractivity contribution >= 4 is 28.6 Å². The van der Waals surface area contributed by atoms with E-state index in [0.717, 1.165) is 30.6 Å². The van der Waals surface area contributed by atoms with Crippen LogP contribution in [0.2, 0.25) is 0 Å². The molecule has 0 aromatic heterocycles. The fraction of sp³-hybridized carbons (Fsp3) is 0.762. The molecule has 4 rings (SSSR count). The smallest absolute Gasteiger partial charge is 0.302 e. The summed E-state index contributed by atoms with van der Waals surface area (Å²) in [5.41, 5.74) is 2.37. The first-order valence-electron chi connectivity index (χ1n) is 9.57. The van der Waals surface area contributed by atoms with Crippen molar-refractivity contribution in [2.24, 2.45) is 28.6 Å². The lowest BCUT2D eigenvalue weighted by Crippen LogP contribution is -2.49. The summed E-state index contributed by atoms with van der Waals surface area (Å²) in [6, 6.07) is 0. The van der Waals surface area contributed by atoms with Gasteiger partial charge in [0.05, 0.1) is 0 Å². The fourth-order valence-corrected chi connectivity index (χ4v) is 7.40. The molecule has 0 heterocycles. The third-order valence-electron chi connectivity index (χ3n) is 7.88. The highest BCUT2D eigenvalue weighted by Crippen LogP contribution is 2.65. The van der Waals surface area contributed by atoms with Gasteiger partial charge in [-0.25, -0.2) is 0 Å². The van der Waals surface area contributed by atoms with Crippen LogP contribution in [0.1, 0.15) is 65.7 Å². The normalized spacial score (nSPS) is 47.0. The number of carbonyl (C=O) groups excluding carboxylic acids is 1. The summed E-state index contributed by atoms with van der Waals surface area (Å²) in [4.78, 5) is 11.3. The number of hydrogen-bond donors (Lipinski definition) is 0. The van der Waals surface area contributed by atoms with Gasteiger partial charge < -0.3 is 4.74 Å². The first-order valence-corrected chi connectivity index (χ1v) is 10.7. The van der Waals surface area contributed by atoms with Crippen molar-refractivity contribution in [3.63, 3.8) is 0 Å². The van der Waals surface area contributed by atoms with Gasteiger partial charge in [0.1, 0.15) is 6.10 Å². The van der Waals surface area contributed by atoms with E-state index in [2.05, 4.69) is 48.6 Å². The lowest BCUT2D eigenvalue weighted by Gasteiger charge is -2.57. The van der Waals surface area contributed by atoms with Crippen molar-refractivity contribution in [1.29, 1.82) is 0 Å². The molecular formula is C21H29IO2. The zero-order chi connectivity index (χ0) is 17.1. The maximum Gasteiger partial charge on any atom is 0.302 e. The second-order valence-corrected chi connectivity index (χ2v) is 10.1. The molecule has 6 atom stereocenters. The summed E-state index contributed by atoms with van der Waals surface area (Å²) < 4.78 is 7.14. The average molecular weight is 440 g/mol. The number of ether oxygens (including phenoxy) is 1. The Morgan fingerprint density at radius 3 is 2.62 bits per heavy atom. The number of hydrogen-bond acceptors (Lipinski definition) is 2. The topological polar surface area (TPSA) is 26.3 Å². The molecule has 2 nitrogen and oxygen atoms in total. The zero-order valence-corrected chi connectivity index (χ0v) is 17.3. The van der Waals surface area contributed by atoms with E-state index >= 15 is 0 Å². The number of allylic oxidation sites excluding steroid dienone is 3. The van der Waals surface area contributed by atoms with E-state index in [4.69, 9.17) is 4.74 Å². The molecule has 4 aliphatic rings. The lowest BCUT2D eigenvalue weighted by molar-refractivity contribution is -0.148. The predicted molar refractivity (Wildman–Crippen MR) is 105 cm³/mol. The van der Waals surface area contributed by atoms with Crippen molar-refractivity contribution in [2.45, 2.75) is 71.8 Å². The molecule has 0 amide bonds. The lowest BCUT2D eigenvalue weighted by atomic mass is 9.48. The highest BCUT2D eigenvalue weighted by atomic mass is 127. The molecule has 2 fully saturated rings. The average Bonchev–Trinajstić information content (AvgIpc) is 2.83. The number of rotatable bonds is 1. The largest absolute Gasteiger partial charge is 0.462 e. The van der Waals surface area contributed by atoms with Gasteiger partial charge >= 0.3 is 5.97 Å². The van der Waals surface area contributed by atoms with E-state index < -0.39 is 0 Å². The molecule has 4 aliphatic carbocycles. The van der Waals surface area contributed by atoms with E-state index in [9.17, 15) is 4.79 Å². The quantitative estimate of drug-likeness (QED) is 0.292. The molecule has 0 aromatic rings. The molecule has 0 N–H and O–H groups in total. The van der Waals surface area contributed by atoms with E-state index in [1.54, 1.807) is 9.15 Å². The molecular weight excluding hydrogens is 411 g/mol. The van der Waals surface area contributed by atoms with Crippen LogP contribution in [0.5, 0.6) is 0 Å². The minimum atomic E-state index is -0.127. The Bertz CT molecular complexity index is 621. The second-order valence-electron chi connectivity index (χ2n) is 8.98. The Hall–Kier alpha value is -0.320. The Morgan fingerprint density at radius 2 is 1.88 bits per heavy atom. The molecule has 0 saturated heterocycles. The van der Waals surface area contributed by atoms with Gasteiger partial charge in [-0.05, 0) is 87.9 Å². The Balaban J connectivity index is 1.59.